The van der Waals surface area contributed by atoms with E-state index < -0.39 is 22.7 Å². The lowest BCUT2D eigenvalue weighted by molar-refractivity contribution is -0.384. The van der Waals surface area contributed by atoms with Crippen LogP contribution in [0.5, 0.6) is 5.75 Å². The Bertz CT molecular complexity index is 1060. The van der Waals surface area contributed by atoms with Crippen molar-refractivity contribution < 1.29 is 29.1 Å². The maximum absolute atomic E-state index is 13.0. The number of Topliss-reactive ketones (excluding diaryl/α,β-unsaturated/α-hetero) is 1. The summed E-state index contributed by atoms with van der Waals surface area (Å²) in [4.78, 5) is 37.8. The number of aliphatic hydroxyl groups is 1. The Balaban J connectivity index is 2.08. The van der Waals surface area contributed by atoms with Gasteiger partial charge in [0.1, 0.15) is 11.5 Å². The number of non-ortho nitro benzene ring substituents is 1. The van der Waals surface area contributed by atoms with Gasteiger partial charge in [0.25, 0.3) is 17.4 Å². The number of nitro benzene ring substituents is 1. The van der Waals surface area contributed by atoms with Crippen LogP contribution in [0.25, 0.3) is 5.76 Å². The molecule has 9 heteroatoms. The summed E-state index contributed by atoms with van der Waals surface area (Å²) in [6.45, 7) is 3.07. The summed E-state index contributed by atoms with van der Waals surface area (Å²) in [5.74, 6) is -1.35. The summed E-state index contributed by atoms with van der Waals surface area (Å²) < 4.78 is 10.7. The molecule has 1 amide bonds. The molecule has 1 saturated heterocycles. The third kappa shape index (κ3) is 5.20. The van der Waals surface area contributed by atoms with Gasteiger partial charge >= 0.3 is 0 Å². The molecule has 0 aromatic heterocycles. The lowest BCUT2D eigenvalue weighted by Gasteiger charge is -2.25. The molecule has 1 heterocycles. The van der Waals surface area contributed by atoms with Crippen LogP contribution in [0.4, 0.5) is 5.69 Å². The molecule has 2 aromatic rings. The highest BCUT2D eigenvalue weighted by atomic mass is 16.6. The number of carbonyl (C=O) groups is 2. The van der Waals surface area contributed by atoms with Gasteiger partial charge in [-0.3, -0.25) is 19.7 Å². The van der Waals surface area contributed by atoms with Crippen molar-refractivity contribution >= 4 is 23.1 Å². The van der Waals surface area contributed by atoms with Crippen molar-refractivity contribution in [1.29, 1.82) is 0 Å². The molecule has 174 valence electrons. The molecule has 0 saturated carbocycles. The number of ether oxygens (including phenoxy) is 2. The van der Waals surface area contributed by atoms with Crippen LogP contribution in [0.15, 0.2) is 54.1 Å². The zero-order chi connectivity index (χ0) is 24.0. The number of carbonyl (C=O) groups excluding carboxylic acids is 2. The maximum atomic E-state index is 13.0. The molecule has 3 rings (SSSR count). The summed E-state index contributed by atoms with van der Waals surface area (Å²) in [6, 6.07) is 11.4. The zero-order valence-corrected chi connectivity index (χ0v) is 18.5. The second-order valence-corrected chi connectivity index (χ2v) is 7.56. The molecule has 1 atom stereocenters. The number of ketones is 1. The number of nitro groups is 1. The Kier molecular flexibility index (Phi) is 7.78. The number of likely N-dealkylation sites (tertiary alicyclic amines) is 1. The molecule has 33 heavy (non-hydrogen) atoms. The van der Waals surface area contributed by atoms with Gasteiger partial charge in [0.15, 0.2) is 0 Å². The minimum absolute atomic E-state index is 0.0705. The standard InChI is InChI=1S/C24H26N2O7/c1-3-13-33-19-7-4-6-17(15-19)22(27)20-21(16-8-10-18(11-9-16)26(30)31)25(12-5-14-32-2)24(29)23(20)28/h4,6-11,15,21,27H,3,5,12-14H2,1-2H3/b22-20+. The average molecular weight is 454 g/mol. The van der Waals surface area contributed by atoms with Crippen LogP contribution in [0.1, 0.15) is 36.9 Å². The largest absolute Gasteiger partial charge is 0.507 e. The van der Waals surface area contributed by atoms with Gasteiger partial charge in [0, 0.05) is 38.0 Å². The highest BCUT2D eigenvalue weighted by molar-refractivity contribution is 6.46. The number of amides is 1. The summed E-state index contributed by atoms with van der Waals surface area (Å²) in [6.07, 6.45) is 1.29. The first-order valence-corrected chi connectivity index (χ1v) is 10.6. The van der Waals surface area contributed by atoms with Crippen molar-refractivity contribution in [3.8, 4) is 5.75 Å². The molecule has 1 aliphatic rings. The first-order valence-electron chi connectivity index (χ1n) is 10.6. The van der Waals surface area contributed by atoms with E-state index in [1.165, 1.54) is 36.3 Å². The van der Waals surface area contributed by atoms with E-state index in [0.717, 1.165) is 6.42 Å². The molecule has 0 radical (unpaired) electrons. The van der Waals surface area contributed by atoms with E-state index in [1.807, 2.05) is 6.92 Å². The molecule has 0 spiro atoms. The van der Waals surface area contributed by atoms with Gasteiger partial charge in [-0.05, 0) is 42.7 Å². The van der Waals surface area contributed by atoms with E-state index in [9.17, 15) is 24.8 Å². The van der Waals surface area contributed by atoms with Gasteiger partial charge < -0.3 is 19.5 Å². The summed E-state index contributed by atoms with van der Waals surface area (Å²) in [7, 11) is 1.54. The van der Waals surface area contributed by atoms with Crippen molar-refractivity contribution in [2.75, 3.05) is 26.9 Å². The van der Waals surface area contributed by atoms with Crippen LogP contribution in [0, 0.1) is 10.1 Å². The fraction of sp³-hybridized carbons (Fsp3) is 0.333. The molecule has 1 unspecified atom stereocenters. The number of methoxy groups -OCH3 is 1. The molecular weight excluding hydrogens is 428 g/mol. The monoisotopic (exact) mass is 454 g/mol. The SMILES string of the molecule is CCCOc1cccc(/C(O)=C2\C(=O)C(=O)N(CCCOC)C2c2ccc([N+](=O)[O-])cc2)c1. The molecular formula is C24H26N2O7. The zero-order valence-electron chi connectivity index (χ0n) is 18.5. The van der Waals surface area contributed by atoms with Gasteiger partial charge in [0.2, 0.25) is 0 Å². The van der Waals surface area contributed by atoms with Crippen molar-refractivity contribution in [2.24, 2.45) is 0 Å². The first-order chi connectivity index (χ1) is 15.9. The van der Waals surface area contributed by atoms with Crippen molar-refractivity contribution in [3.05, 3.63) is 75.3 Å². The lowest BCUT2D eigenvalue weighted by Crippen LogP contribution is -2.31. The Morgan fingerprint density at radius 3 is 2.52 bits per heavy atom. The minimum atomic E-state index is -0.886. The molecule has 2 aromatic carbocycles. The van der Waals surface area contributed by atoms with E-state index in [4.69, 9.17) is 9.47 Å². The topological polar surface area (TPSA) is 119 Å². The number of hydrogen-bond acceptors (Lipinski definition) is 7. The minimum Gasteiger partial charge on any atom is -0.507 e. The first kappa shape index (κ1) is 23.9. The van der Waals surface area contributed by atoms with Gasteiger partial charge in [0.05, 0.1) is 23.1 Å². The Labute approximate surface area is 191 Å². The molecule has 1 N–H and O–H groups in total. The number of aliphatic hydroxyl groups excluding tert-OH is 1. The van der Waals surface area contributed by atoms with Crippen LogP contribution in [0.3, 0.4) is 0 Å². The highest BCUT2D eigenvalue weighted by Crippen LogP contribution is 2.40. The molecule has 9 nitrogen and oxygen atoms in total. The van der Waals surface area contributed by atoms with Gasteiger partial charge in [-0.15, -0.1) is 0 Å². The molecule has 1 aliphatic heterocycles. The fourth-order valence-electron chi connectivity index (χ4n) is 3.72. The third-order valence-electron chi connectivity index (χ3n) is 5.29. The number of hydrogen-bond donors (Lipinski definition) is 1. The Morgan fingerprint density at radius 1 is 1.15 bits per heavy atom. The molecule has 0 aliphatic carbocycles. The Morgan fingerprint density at radius 2 is 1.88 bits per heavy atom. The van der Waals surface area contributed by atoms with Crippen molar-refractivity contribution in [3.63, 3.8) is 0 Å². The van der Waals surface area contributed by atoms with Gasteiger partial charge in [-0.25, -0.2) is 0 Å². The van der Waals surface area contributed by atoms with E-state index in [1.54, 1.807) is 24.3 Å². The summed E-state index contributed by atoms with van der Waals surface area (Å²) in [5, 5.41) is 22.2. The van der Waals surface area contributed by atoms with Crippen LogP contribution >= 0.6 is 0 Å². The van der Waals surface area contributed by atoms with Crippen molar-refractivity contribution in [1.82, 2.24) is 4.90 Å². The van der Waals surface area contributed by atoms with Gasteiger partial charge in [-0.1, -0.05) is 19.1 Å². The second-order valence-electron chi connectivity index (χ2n) is 7.56. The van der Waals surface area contributed by atoms with Crippen LogP contribution in [-0.2, 0) is 14.3 Å². The van der Waals surface area contributed by atoms with E-state index in [0.29, 0.717) is 36.5 Å². The van der Waals surface area contributed by atoms with E-state index >= 15 is 0 Å². The Hall–Kier alpha value is -3.72. The summed E-state index contributed by atoms with van der Waals surface area (Å²) >= 11 is 0. The predicted molar refractivity (Wildman–Crippen MR) is 121 cm³/mol. The number of rotatable bonds is 10. The lowest BCUT2D eigenvalue weighted by atomic mass is 9.95. The van der Waals surface area contributed by atoms with Crippen molar-refractivity contribution in [2.45, 2.75) is 25.8 Å². The number of benzene rings is 2. The van der Waals surface area contributed by atoms with Gasteiger partial charge in [-0.2, -0.15) is 0 Å². The van der Waals surface area contributed by atoms with E-state index in [2.05, 4.69) is 0 Å². The fourth-order valence-corrected chi connectivity index (χ4v) is 3.72. The van der Waals surface area contributed by atoms with Crippen LogP contribution < -0.4 is 4.74 Å². The smallest absolute Gasteiger partial charge is 0.295 e. The van der Waals surface area contributed by atoms with Crippen LogP contribution in [-0.4, -0.2) is 53.5 Å². The quantitative estimate of drug-likeness (QED) is 0.145. The second kappa shape index (κ2) is 10.7. The van der Waals surface area contributed by atoms with Crippen LogP contribution in [0.2, 0.25) is 0 Å². The highest BCUT2D eigenvalue weighted by Gasteiger charge is 2.45. The maximum Gasteiger partial charge on any atom is 0.295 e. The average Bonchev–Trinajstić information content (AvgIpc) is 3.07. The molecule has 0 bridgehead atoms. The third-order valence-corrected chi connectivity index (χ3v) is 5.29. The summed E-state index contributed by atoms with van der Waals surface area (Å²) in [5.41, 5.74) is 0.636. The molecule has 1 fully saturated rings. The number of nitrogens with zero attached hydrogens (tertiary/aromatic N) is 2. The van der Waals surface area contributed by atoms with E-state index in [-0.39, 0.29) is 23.6 Å². The normalized spacial score (nSPS) is 17.4. The predicted octanol–water partition coefficient (Wildman–Crippen LogP) is 3.84.